The van der Waals surface area contributed by atoms with Crippen molar-refractivity contribution in [2.24, 2.45) is 7.05 Å². The number of methoxy groups -OCH3 is 1. The van der Waals surface area contributed by atoms with E-state index in [9.17, 15) is 19.2 Å². The minimum atomic E-state index is -0.663. The normalized spacial score (nSPS) is 13.1. The average molecular weight is 423 g/mol. The maximum absolute atomic E-state index is 12.7. The van der Waals surface area contributed by atoms with Crippen molar-refractivity contribution in [3.05, 3.63) is 70.3 Å². The molecule has 0 radical (unpaired) electrons. The standard InChI is InChI=1S/C23H21NO7/c1-13-15(20-21(24(13)3)17(26)12-19(29-4)22(20)27)9-7-11-30-23(28)16-8-5-6-10-18(16)31-14(2)25/h5-10,12H,11H2,1-4H3/b9-7+. The Hall–Kier alpha value is -3.94. The van der Waals surface area contributed by atoms with Crippen LogP contribution in [0.2, 0.25) is 0 Å². The summed E-state index contributed by atoms with van der Waals surface area (Å²) in [7, 11) is 3.04. The zero-order chi connectivity index (χ0) is 22.7. The van der Waals surface area contributed by atoms with Gasteiger partial charge in [0.15, 0.2) is 5.76 Å². The van der Waals surface area contributed by atoms with Crippen molar-refractivity contribution in [1.29, 1.82) is 0 Å². The molecule has 3 rings (SSSR count). The fourth-order valence-corrected chi connectivity index (χ4v) is 3.32. The number of esters is 2. The molecule has 0 saturated carbocycles. The number of allylic oxidation sites excluding steroid dienone is 2. The third-order valence-electron chi connectivity index (χ3n) is 4.86. The van der Waals surface area contributed by atoms with E-state index in [-0.39, 0.29) is 46.5 Å². The summed E-state index contributed by atoms with van der Waals surface area (Å²) in [5.41, 5.74) is 1.92. The van der Waals surface area contributed by atoms with Crippen molar-refractivity contribution >= 4 is 29.6 Å². The molecule has 1 aromatic heterocycles. The van der Waals surface area contributed by atoms with Crippen LogP contribution in [0, 0.1) is 6.92 Å². The highest BCUT2D eigenvalue weighted by Crippen LogP contribution is 2.30. The summed E-state index contributed by atoms with van der Waals surface area (Å²) < 4.78 is 16.9. The van der Waals surface area contributed by atoms with Gasteiger partial charge in [0.25, 0.3) is 0 Å². The van der Waals surface area contributed by atoms with Crippen LogP contribution in [0.4, 0.5) is 0 Å². The second-order valence-corrected chi connectivity index (χ2v) is 6.78. The molecular weight excluding hydrogens is 402 g/mol. The zero-order valence-electron chi connectivity index (χ0n) is 17.6. The number of rotatable bonds is 6. The summed E-state index contributed by atoms with van der Waals surface area (Å²) in [4.78, 5) is 48.7. The summed E-state index contributed by atoms with van der Waals surface area (Å²) in [5.74, 6) is -1.82. The van der Waals surface area contributed by atoms with Crippen molar-refractivity contribution in [3.63, 3.8) is 0 Å². The number of fused-ring (bicyclic) bond motifs is 1. The minimum absolute atomic E-state index is 0.0220. The molecule has 8 nitrogen and oxygen atoms in total. The Balaban J connectivity index is 1.79. The molecule has 0 spiro atoms. The third kappa shape index (κ3) is 4.18. The van der Waals surface area contributed by atoms with Crippen molar-refractivity contribution < 1.29 is 33.4 Å². The number of benzene rings is 1. The fraction of sp³-hybridized carbons (Fsp3) is 0.217. The van der Waals surface area contributed by atoms with Crippen LogP contribution in [0.15, 0.2) is 42.2 Å². The molecule has 0 N–H and O–H groups in total. The van der Waals surface area contributed by atoms with E-state index in [1.165, 1.54) is 32.2 Å². The van der Waals surface area contributed by atoms with Crippen LogP contribution in [0.25, 0.3) is 6.08 Å². The van der Waals surface area contributed by atoms with E-state index in [0.717, 1.165) is 0 Å². The number of carbonyl (C=O) groups excluding carboxylic acids is 4. The molecule has 1 heterocycles. The van der Waals surface area contributed by atoms with E-state index in [1.54, 1.807) is 42.8 Å². The Labute approximate surface area is 178 Å². The van der Waals surface area contributed by atoms with Gasteiger partial charge in [-0.3, -0.25) is 14.4 Å². The zero-order valence-corrected chi connectivity index (χ0v) is 17.6. The topological polar surface area (TPSA) is 101 Å². The van der Waals surface area contributed by atoms with Gasteiger partial charge in [0.05, 0.1) is 12.7 Å². The van der Waals surface area contributed by atoms with E-state index in [1.807, 2.05) is 0 Å². The van der Waals surface area contributed by atoms with Crippen LogP contribution < -0.4 is 4.74 Å². The predicted octanol–water partition coefficient (Wildman–Crippen LogP) is 3.04. The molecule has 0 atom stereocenters. The number of nitrogens with zero attached hydrogens (tertiary/aromatic N) is 1. The van der Waals surface area contributed by atoms with Gasteiger partial charge in [0.1, 0.15) is 23.6 Å². The molecule has 1 aromatic carbocycles. The van der Waals surface area contributed by atoms with Crippen LogP contribution in [-0.2, 0) is 21.3 Å². The summed E-state index contributed by atoms with van der Waals surface area (Å²) in [6.07, 6.45) is 4.38. The van der Waals surface area contributed by atoms with Gasteiger partial charge in [-0.05, 0) is 25.1 Å². The maximum Gasteiger partial charge on any atom is 0.342 e. The average Bonchev–Trinajstić information content (AvgIpc) is 2.99. The van der Waals surface area contributed by atoms with Gasteiger partial charge in [-0.25, -0.2) is 4.79 Å². The first-order valence-corrected chi connectivity index (χ1v) is 9.41. The third-order valence-corrected chi connectivity index (χ3v) is 4.86. The number of aromatic nitrogens is 1. The van der Waals surface area contributed by atoms with Gasteiger partial charge >= 0.3 is 11.9 Å². The molecular formula is C23H21NO7. The second-order valence-electron chi connectivity index (χ2n) is 6.78. The van der Waals surface area contributed by atoms with Gasteiger partial charge in [0.2, 0.25) is 11.6 Å². The van der Waals surface area contributed by atoms with E-state index in [4.69, 9.17) is 14.2 Å². The molecule has 0 aliphatic heterocycles. The first-order valence-electron chi connectivity index (χ1n) is 9.41. The van der Waals surface area contributed by atoms with Gasteiger partial charge in [-0.2, -0.15) is 0 Å². The number of ketones is 2. The van der Waals surface area contributed by atoms with Crippen LogP contribution >= 0.6 is 0 Å². The maximum atomic E-state index is 12.7. The molecule has 31 heavy (non-hydrogen) atoms. The number of para-hydroxylation sites is 1. The van der Waals surface area contributed by atoms with Crippen molar-refractivity contribution in [2.45, 2.75) is 13.8 Å². The van der Waals surface area contributed by atoms with E-state index < -0.39 is 11.9 Å². The SMILES string of the molecule is COC1=CC(=O)c2c(c(/C=C/COC(=O)c3ccccc3OC(C)=O)c(C)n2C)C1=O. The molecule has 160 valence electrons. The number of ether oxygens (including phenoxy) is 3. The first kappa shape index (κ1) is 21.8. The Bertz CT molecular complexity index is 1150. The summed E-state index contributed by atoms with van der Waals surface area (Å²) >= 11 is 0. The van der Waals surface area contributed by atoms with Crippen molar-refractivity contribution in [3.8, 4) is 5.75 Å². The van der Waals surface area contributed by atoms with Gasteiger partial charge in [-0.15, -0.1) is 0 Å². The van der Waals surface area contributed by atoms with E-state index in [2.05, 4.69) is 0 Å². The number of Topliss-reactive ketones (excluding diaryl/α,β-unsaturated/α-hetero) is 1. The highest BCUT2D eigenvalue weighted by atomic mass is 16.5. The van der Waals surface area contributed by atoms with Crippen molar-refractivity contribution in [2.75, 3.05) is 13.7 Å². The van der Waals surface area contributed by atoms with Crippen LogP contribution in [0.5, 0.6) is 5.75 Å². The lowest BCUT2D eigenvalue weighted by Crippen LogP contribution is -2.19. The van der Waals surface area contributed by atoms with Gasteiger partial charge in [-0.1, -0.05) is 18.2 Å². The first-order chi connectivity index (χ1) is 14.8. The van der Waals surface area contributed by atoms with Crippen LogP contribution in [0.1, 0.15) is 49.4 Å². The lowest BCUT2D eigenvalue weighted by molar-refractivity contribution is -0.131. The molecule has 0 fully saturated rings. The summed E-state index contributed by atoms with van der Waals surface area (Å²) in [6.45, 7) is 2.93. The summed E-state index contributed by atoms with van der Waals surface area (Å²) in [6, 6.07) is 6.25. The second kappa shape index (κ2) is 8.83. The molecule has 0 bridgehead atoms. The number of hydrogen-bond acceptors (Lipinski definition) is 7. The van der Waals surface area contributed by atoms with Gasteiger partial charge < -0.3 is 18.8 Å². The lowest BCUT2D eigenvalue weighted by atomic mass is 9.96. The quantitative estimate of drug-likeness (QED) is 0.520. The van der Waals surface area contributed by atoms with Gasteiger partial charge in [0, 0.05) is 31.3 Å². The number of carbonyl (C=O) groups is 4. The van der Waals surface area contributed by atoms with Crippen LogP contribution in [0.3, 0.4) is 0 Å². The molecule has 0 amide bonds. The van der Waals surface area contributed by atoms with E-state index in [0.29, 0.717) is 11.3 Å². The largest absolute Gasteiger partial charge is 0.492 e. The minimum Gasteiger partial charge on any atom is -0.492 e. The predicted molar refractivity (Wildman–Crippen MR) is 111 cm³/mol. The van der Waals surface area contributed by atoms with E-state index >= 15 is 0 Å². The molecule has 1 aliphatic rings. The summed E-state index contributed by atoms with van der Waals surface area (Å²) in [5, 5.41) is 0. The highest BCUT2D eigenvalue weighted by molar-refractivity contribution is 6.24. The lowest BCUT2D eigenvalue weighted by Gasteiger charge is -2.12. The fourth-order valence-electron chi connectivity index (χ4n) is 3.32. The Kier molecular flexibility index (Phi) is 6.20. The molecule has 2 aromatic rings. The molecule has 0 saturated heterocycles. The molecule has 1 aliphatic carbocycles. The molecule has 0 unspecified atom stereocenters. The van der Waals surface area contributed by atoms with Crippen molar-refractivity contribution in [1.82, 2.24) is 4.57 Å². The number of hydrogen-bond donors (Lipinski definition) is 0. The highest BCUT2D eigenvalue weighted by Gasteiger charge is 2.33. The smallest absolute Gasteiger partial charge is 0.342 e. The Morgan fingerprint density at radius 2 is 1.87 bits per heavy atom. The Morgan fingerprint density at radius 1 is 1.16 bits per heavy atom. The monoisotopic (exact) mass is 423 g/mol. The molecule has 8 heteroatoms. The Morgan fingerprint density at radius 3 is 2.55 bits per heavy atom. The van der Waals surface area contributed by atoms with Crippen LogP contribution in [-0.4, -0.2) is 41.8 Å².